The van der Waals surface area contributed by atoms with E-state index in [1.165, 1.54) is 4.31 Å². The number of nitrogens with zero attached hydrogens (tertiary/aromatic N) is 2. The molecule has 0 unspecified atom stereocenters. The van der Waals surface area contributed by atoms with Crippen molar-refractivity contribution in [1.82, 2.24) is 8.87 Å². The van der Waals surface area contributed by atoms with Crippen molar-refractivity contribution in [2.24, 2.45) is 13.0 Å². The van der Waals surface area contributed by atoms with E-state index < -0.39 is 16.0 Å². The smallest absolute Gasteiger partial charge is 0.341 e. The van der Waals surface area contributed by atoms with Crippen molar-refractivity contribution >= 4 is 27.6 Å². The van der Waals surface area contributed by atoms with E-state index >= 15 is 0 Å². The molecule has 1 N–H and O–H groups in total. The van der Waals surface area contributed by atoms with Crippen molar-refractivity contribution in [3.63, 3.8) is 0 Å². The molecule has 2 aromatic rings. The number of hydrogen-bond donors (Lipinski definition) is 1. The number of benzene rings is 1. The summed E-state index contributed by atoms with van der Waals surface area (Å²) >= 11 is 0. The van der Waals surface area contributed by atoms with Crippen molar-refractivity contribution in [1.29, 1.82) is 0 Å². The van der Waals surface area contributed by atoms with Crippen molar-refractivity contribution < 1.29 is 27.5 Å². The number of carbonyl (C=O) groups is 2. The van der Waals surface area contributed by atoms with E-state index in [1.54, 1.807) is 45.6 Å². The highest BCUT2D eigenvalue weighted by molar-refractivity contribution is 7.89. The Morgan fingerprint density at radius 1 is 1.12 bits per heavy atom. The molecule has 1 amide bonds. The predicted molar refractivity (Wildman–Crippen MR) is 129 cm³/mol. The highest BCUT2D eigenvalue weighted by Crippen LogP contribution is 2.33. The first-order valence-corrected chi connectivity index (χ1v) is 12.8. The quantitative estimate of drug-likeness (QED) is 0.596. The summed E-state index contributed by atoms with van der Waals surface area (Å²) in [6.45, 7) is 7.50. The molecule has 10 heteroatoms. The number of methoxy groups -OCH3 is 1. The van der Waals surface area contributed by atoms with Crippen LogP contribution in [0.15, 0.2) is 23.1 Å². The van der Waals surface area contributed by atoms with Gasteiger partial charge in [-0.2, -0.15) is 4.31 Å². The molecule has 1 aliphatic rings. The first kappa shape index (κ1) is 25.8. The SMILES string of the molecule is CCOC(=O)c1c(S(=O)(=O)N2CCC(C(=O)Nc3cc(C)ccc3OC)CC2)c(C)n(C)c1C. The van der Waals surface area contributed by atoms with Crippen LogP contribution in [0.2, 0.25) is 0 Å². The number of aromatic nitrogens is 1. The van der Waals surface area contributed by atoms with E-state index in [4.69, 9.17) is 9.47 Å². The standard InChI is InChI=1S/C24H33N3O6S/c1-7-33-24(29)21-16(3)26(5)17(4)22(21)34(30,31)27-12-10-18(11-13-27)23(28)25-19-14-15(2)8-9-20(19)32-6/h8-9,14,18H,7,10-13H2,1-6H3,(H,25,28). The molecule has 1 aromatic heterocycles. The van der Waals surface area contributed by atoms with E-state index in [1.807, 2.05) is 19.1 Å². The number of rotatable bonds is 7. The molecule has 0 saturated carbocycles. The maximum absolute atomic E-state index is 13.6. The van der Waals surface area contributed by atoms with Gasteiger partial charge in [0, 0.05) is 37.4 Å². The number of anilines is 1. The van der Waals surface area contributed by atoms with Crippen molar-refractivity contribution in [2.75, 3.05) is 32.1 Å². The highest BCUT2D eigenvalue weighted by Gasteiger charge is 2.38. The number of esters is 1. The summed E-state index contributed by atoms with van der Waals surface area (Å²) in [5, 5.41) is 2.92. The van der Waals surface area contributed by atoms with E-state index in [-0.39, 0.29) is 42.0 Å². The Balaban J connectivity index is 1.78. The largest absolute Gasteiger partial charge is 0.495 e. The Hall–Kier alpha value is -2.85. The summed E-state index contributed by atoms with van der Waals surface area (Å²) in [7, 11) is -0.685. The number of piperidine rings is 1. The zero-order chi connectivity index (χ0) is 25.2. The Kier molecular flexibility index (Phi) is 7.72. The number of sulfonamides is 1. The summed E-state index contributed by atoms with van der Waals surface area (Å²) in [5.41, 5.74) is 2.68. The third-order valence-corrected chi connectivity index (χ3v) is 8.50. The van der Waals surface area contributed by atoms with Gasteiger partial charge in [0.05, 0.1) is 19.4 Å². The number of nitrogens with one attached hydrogen (secondary N) is 1. The van der Waals surface area contributed by atoms with E-state index in [2.05, 4.69) is 5.32 Å². The maximum Gasteiger partial charge on any atom is 0.341 e. The summed E-state index contributed by atoms with van der Waals surface area (Å²) in [5.74, 6) is -0.580. The lowest BCUT2D eigenvalue weighted by Crippen LogP contribution is -2.42. The normalized spacial score (nSPS) is 15.2. The molecule has 0 aliphatic carbocycles. The van der Waals surface area contributed by atoms with Gasteiger partial charge in [0.15, 0.2) is 0 Å². The van der Waals surface area contributed by atoms with Gasteiger partial charge in [-0.05, 0) is 58.2 Å². The Morgan fingerprint density at radius 2 is 1.76 bits per heavy atom. The van der Waals surface area contributed by atoms with Crippen LogP contribution in [0, 0.1) is 26.7 Å². The molecule has 0 atom stereocenters. The molecule has 1 aliphatic heterocycles. The third kappa shape index (κ3) is 4.83. The summed E-state index contributed by atoms with van der Waals surface area (Å²) in [4.78, 5) is 25.5. The minimum absolute atomic E-state index is 0.0154. The van der Waals surface area contributed by atoms with Gasteiger partial charge in [-0.1, -0.05) is 6.07 Å². The van der Waals surface area contributed by atoms with Gasteiger partial charge in [0.2, 0.25) is 15.9 Å². The second-order valence-corrected chi connectivity index (χ2v) is 10.4. The molecule has 34 heavy (non-hydrogen) atoms. The van der Waals surface area contributed by atoms with Crippen LogP contribution in [0.5, 0.6) is 5.75 Å². The van der Waals surface area contributed by atoms with E-state index in [0.29, 0.717) is 35.7 Å². The fourth-order valence-corrected chi connectivity index (χ4v) is 6.27. The molecule has 186 valence electrons. The summed E-state index contributed by atoms with van der Waals surface area (Å²) < 4.78 is 40.7. The topological polar surface area (TPSA) is 107 Å². The molecule has 1 saturated heterocycles. The van der Waals surface area contributed by atoms with Crippen LogP contribution >= 0.6 is 0 Å². The fraction of sp³-hybridized carbons (Fsp3) is 0.500. The van der Waals surface area contributed by atoms with Crippen LogP contribution in [0.3, 0.4) is 0 Å². The summed E-state index contributed by atoms with van der Waals surface area (Å²) in [6, 6.07) is 5.54. The number of carbonyl (C=O) groups excluding carboxylic acids is 2. The zero-order valence-electron chi connectivity index (χ0n) is 20.6. The van der Waals surface area contributed by atoms with Gasteiger partial charge in [-0.3, -0.25) is 4.79 Å². The lowest BCUT2D eigenvalue weighted by atomic mass is 9.97. The molecular weight excluding hydrogens is 458 g/mol. The average Bonchev–Trinajstić information content (AvgIpc) is 3.04. The number of aryl methyl sites for hydroxylation is 1. The number of hydrogen-bond acceptors (Lipinski definition) is 6. The highest BCUT2D eigenvalue weighted by atomic mass is 32.2. The molecule has 1 fully saturated rings. The number of ether oxygens (including phenoxy) is 2. The van der Waals surface area contributed by atoms with Crippen LogP contribution in [-0.2, 0) is 26.6 Å². The molecular formula is C24H33N3O6S. The van der Waals surface area contributed by atoms with Crippen molar-refractivity contribution in [3.05, 3.63) is 40.7 Å². The zero-order valence-corrected chi connectivity index (χ0v) is 21.4. The second kappa shape index (κ2) is 10.2. The van der Waals surface area contributed by atoms with Crippen molar-refractivity contribution in [3.8, 4) is 5.75 Å². The lowest BCUT2D eigenvalue weighted by Gasteiger charge is -2.31. The molecule has 0 spiro atoms. The van der Waals surface area contributed by atoms with Crippen LogP contribution in [-0.4, -0.2) is 56.0 Å². The lowest BCUT2D eigenvalue weighted by molar-refractivity contribution is -0.120. The van der Waals surface area contributed by atoms with Crippen LogP contribution in [0.4, 0.5) is 5.69 Å². The molecule has 1 aromatic carbocycles. The van der Waals surface area contributed by atoms with Crippen molar-refractivity contribution in [2.45, 2.75) is 45.4 Å². The predicted octanol–water partition coefficient (Wildman–Crippen LogP) is 3.18. The van der Waals surface area contributed by atoms with E-state index in [0.717, 1.165) is 5.56 Å². The summed E-state index contributed by atoms with van der Waals surface area (Å²) in [6.07, 6.45) is 0.748. The van der Waals surface area contributed by atoms with Gasteiger partial charge in [0.25, 0.3) is 0 Å². The second-order valence-electron chi connectivity index (χ2n) is 8.53. The van der Waals surface area contributed by atoms with Gasteiger partial charge < -0.3 is 19.4 Å². The molecule has 0 bridgehead atoms. The maximum atomic E-state index is 13.6. The number of amides is 1. The molecule has 9 nitrogen and oxygen atoms in total. The third-order valence-electron chi connectivity index (χ3n) is 6.44. The van der Waals surface area contributed by atoms with Crippen LogP contribution in [0.25, 0.3) is 0 Å². The Morgan fingerprint density at radius 3 is 2.35 bits per heavy atom. The molecule has 3 rings (SSSR count). The minimum Gasteiger partial charge on any atom is -0.495 e. The monoisotopic (exact) mass is 491 g/mol. The van der Waals surface area contributed by atoms with E-state index in [9.17, 15) is 18.0 Å². The van der Waals surface area contributed by atoms with Gasteiger partial charge in [-0.15, -0.1) is 0 Å². The molecule has 2 heterocycles. The minimum atomic E-state index is -3.95. The fourth-order valence-electron chi connectivity index (χ4n) is 4.32. The van der Waals surface area contributed by atoms with Crippen LogP contribution < -0.4 is 10.1 Å². The first-order valence-electron chi connectivity index (χ1n) is 11.3. The van der Waals surface area contributed by atoms with Gasteiger partial charge in [0.1, 0.15) is 16.2 Å². The van der Waals surface area contributed by atoms with Crippen LogP contribution in [0.1, 0.15) is 47.1 Å². The Labute approximate surface area is 201 Å². The molecule has 0 radical (unpaired) electrons. The first-order chi connectivity index (χ1) is 16.0. The van der Waals surface area contributed by atoms with Gasteiger partial charge >= 0.3 is 5.97 Å². The Bertz CT molecular complexity index is 1190. The average molecular weight is 492 g/mol. The van der Waals surface area contributed by atoms with Gasteiger partial charge in [-0.25, -0.2) is 13.2 Å².